The standard InChI is InChI=1S/C21H34N2O/c1-4-5-14-23-15-12-20(13-16-23)22-21(24)11-8-18-6-9-19(10-7-18)17(2)3/h6-7,9-10,17,20H,4-5,8,11-16H2,1-3H3,(H,22,24). The number of piperidine rings is 1. The maximum absolute atomic E-state index is 12.2. The van der Waals surface area contributed by atoms with Gasteiger partial charge in [-0.1, -0.05) is 51.5 Å². The average Bonchev–Trinajstić information content (AvgIpc) is 2.59. The van der Waals surface area contributed by atoms with Gasteiger partial charge in [-0.3, -0.25) is 4.79 Å². The van der Waals surface area contributed by atoms with E-state index >= 15 is 0 Å². The molecule has 1 heterocycles. The number of carbonyl (C=O) groups is 1. The zero-order valence-electron chi connectivity index (χ0n) is 15.7. The van der Waals surface area contributed by atoms with Crippen molar-refractivity contribution in [1.82, 2.24) is 10.2 Å². The van der Waals surface area contributed by atoms with Gasteiger partial charge in [0.25, 0.3) is 0 Å². The first-order valence-corrected chi connectivity index (χ1v) is 9.69. The van der Waals surface area contributed by atoms with Gasteiger partial charge in [0, 0.05) is 25.6 Å². The Bertz CT molecular complexity index is 487. The Morgan fingerprint density at radius 3 is 2.46 bits per heavy atom. The number of nitrogens with one attached hydrogen (secondary N) is 1. The minimum atomic E-state index is 0.204. The summed E-state index contributed by atoms with van der Waals surface area (Å²) in [6, 6.07) is 9.07. The monoisotopic (exact) mass is 330 g/mol. The Kier molecular flexibility index (Phi) is 7.77. The first-order chi connectivity index (χ1) is 11.6. The number of hydrogen-bond donors (Lipinski definition) is 1. The van der Waals surface area contributed by atoms with Crippen molar-refractivity contribution in [2.75, 3.05) is 19.6 Å². The molecule has 0 atom stereocenters. The molecular weight excluding hydrogens is 296 g/mol. The first-order valence-electron chi connectivity index (χ1n) is 9.69. The largest absolute Gasteiger partial charge is 0.353 e. The molecule has 1 aliphatic heterocycles. The van der Waals surface area contributed by atoms with Crippen molar-refractivity contribution in [2.24, 2.45) is 0 Å². The van der Waals surface area contributed by atoms with Crippen molar-refractivity contribution < 1.29 is 4.79 Å². The van der Waals surface area contributed by atoms with Crippen molar-refractivity contribution >= 4 is 5.91 Å². The number of nitrogens with zero attached hydrogens (tertiary/aromatic N) is 1. The van der Waals surface area contributed by atoms with Gasteiger partial charge in [-0.05, 0) is 49.3 Å². The smallest absolute Gasteiger partial charge is 0.220 e. The van der Waals surface area contributed by atoms with E-state index in [1.165, 1.54) is 30.5 Å². The molecule has 1 N–H and O–H groups in total. The van der Waals surface area contributed by atoms with E-state index in [9.17, 15) is 4.79 Å². The van der Waals surface area contributed by atoms with Gasteiger partial charge in [0.15, 0.2) is 0 Å². The van der Waals surface area contributed by atoms with Crippen LogP contribution in [0.4, 0.5) is 0 Å². The van der Waals surface area contributed by atoms with Gasteiger partial charge in [-0.25, -0.2) is 0 Å². The Morgan fingerprint density at radius 2 is 1.88 bits per heavy atom. The predicted molar refractivity (Wildman–Crippen MR) is 101 cm³/mol. The highest BCUT2D eigenvalue weighted by Gasteiger charge is 2.19. The summed E-state index contributed by atoms with van der Waals surface area (Å²) in [6.45, 7) is 10.1. The van der Waals surface area contributed by atoms with E-state index in [1.54, 1.807) is 0 Å². The minimum absolute atomic E-state index is 0.204. The highest BCUT2D eigenvalue weighted by Crippen LogP contribution is 2.16. The van der Waals surface area contributed by atoms with Crippen LogP contribution in [0.2, 0.25) is 0 Å². The zero-order valence-corrected chi connectivity index (χ0v) is 15.7. The van der Waals surface area contributed by atoms with E-state index in [2.05, 4.69) is 55.3 Å². The Labute approximate surface area is 147 Å². The van der Waals surface area contributed by atoms with Crippen molar-refractivity contribution in [1.29, 1.82) is 0 Å². The molecule has 134 valence electrons. The molecule has 0 bridgehead atoms. The van der Waals surface area contributed by atoms with Gasteiger partial charge in [-0.15, -0.1) is 0 Å². The maximum atomic E-state index is 12.2. The van der Waals surface area contributed by atoms with Crippen molar-refractivity contribution in [2.45, 2.75) is 71.3 Å². The maximum Gasteiger partial charge on any atom is 0.220 e. The van der Waals surface area contributed by atoms with Crippen LogP contribution in [0.25, 0.3) is 0 Å². The summed E-state index contributed by atoms with van der Waals surface area (Å²) in [7, 11) is 0. The fourth-order valence-corrected chi connectivity index (χ4v) is 3.31. The molecule has 1 aliphatic rings. The van der Waals surface area contributed by atoms with E-state index in [4.69, 9.17) is 0 Å². The molecular formula is C21H34N2O. The molecule has 2 rings (SSSR count). The summed E-state index contributed by atoms with van der Waals surface area (Å²) in [6.07, 6.45) is 6.16. The molecule has 3 heteroatoms. The number of hydrogen-bond acceptors (Lipinski definition) is 2. The van der Waals surface area contributed by atoms with Crippen molar-refractivity contribution in [3.8, 4) is 0 Å². The van der Waals surface area contributed by atoms with Crippen LogP contribution in [0, 0.1) is 0 Å². The lowest BCUT2D eigenvalue weighted by Crippen LogP contribution is -2.44. The molecule has 0 radical (unpaired) electrons. The number of amides is 1. The SMILES string of the molecule is CCCCN1CCC(NC(=O)CCc2ccc(C(C)C)cc2)CC1. The zero-order chi connectivity index (χ0) is 17.4. The molecule has 1 amide bonds. The molecule has 0 aliphatic carbocycles. The van der Waals surface area contributed by atoms with Crippen LogP contribution in [-0.4, -0.2) is 36.5 Å². The van der Waals surface area contributed by atoms with Crippen LogP contribution in [0.3, 0.4) is 0 Å². The summed E-state index contributed by atoms with van der Waals surface area (Å²) in [5.41, 5.74) is 2.61. The molecule has 1 aromatic rings. The quantitative estimate of drug-likeness (QED) is 0.777. The summed E-state index contributed by atoms with van der Waals surface area (Å²) in [4.78, 5) is 14.7. The normalized spacial score (nSPS) is 16.5. The van der Waals surface area contributed by atoms with Crippen LogP contribution < -0.4 is 5.32 Å². The lowest BCUT2D eigenvalue weighted by atomic mass is 10.00. The second-order valence-electron chi connectivity index (χ2n) is 7.43. The number of carbonyl (C=O) groups excluding carboxylic acids is 1. The van der Waals surface area contributed by atoms with Crippen LogP contribution in [0.15, 0.2) is 24.3 Å². The molecule has 24 heavy (non-hydrogen) atoms. The molecule has 0 spiro atoms. The predicted octanol–water partition coefficient (Wildman–Crippen LogP) is 4.12. The third-order valence-electron chi connectivity index (χ3n) is 5.07. The first kappa shape index (κ1) is 19.0. The van der Waals surface area contributed by atoms with Gasteiger partial charge in [0.2, 0.25) is 5.91 Å². The van der Waals surface area contributed by atoms with Crippen LogP contribution >= 0.6 is 0 Å². The number of aryl methyl sites for hydroxylation is 1. The molecule has 0 unspecified atom stereocenters. The molecule has 1 aromatic carbocycles. The average molecular weight is 331 g/mol. The van der Waals surface area contributed by atoms with Gasteiger partial charge >= 0.3 is 0 Å². The summed E-state index contributed by atoms with van der Waals surface area (Å²) in [5.74, 6) is 0.764. The second-order valence-corrected chi connectivity index (χ2v) is 7.43. The summed E-state index contributed by atoms with van der Waals surface area (Å²) < 4.78 is 0. The highest BCUT2D eigenvalue weighted by atomic mass is 16.1. The Hall–Kier alpha value is -1.35. The summed E-state index contributed by atoms with van der Waals surface area (Å²) >= 11 is 0. The number of benzene rings is 1. The van der Waals surface area contributed by atoms with Crippen molar-refractivity contribution in [3.63, 3.8) is 0 Å². The molecule has 0 aromatic heterocycles. The van der Waals surface area contributed by atoms with Gasteiger partial charge in [-0.2, -0.15) is 0 Å². The van der Waals surface area contributed by atoms with Gasteiger partial charge < -0.3 is 10.2 Å². The highest BCUT2D eigenvalue weighted by molar-refractivity contribution is 5.76. The third-order valence-corrected chi connectivity index (χ3v) is 5.07. The molecule has 0 saturated carbocycles. The number of likely N-dealkylation sites (tertiary alicyclic amines) is 1. The summed E-state index contributed by atoms with van der Waals surface area (Å²) in [5, 5.41) is 3.23. The van der Waals surface area contributed by atoms with E-state index in [-0.39, 0.29) is 5.91 Å². The van der Waals surface area contributed by atoms with E-state index < -0.39 is 0 Å². The van der Waals surface area contributed by atoms with Gasteiger partial charge in [0.1, 0.15) is 0 Å². The fourth-order valence-electron chi connectivity index (χ4n) is 3.31. The fraction of sp³-hybridized carbons (Fsp3) is 0.667. The number of rotatable bonds is 8. The van der Waals surface area contributed by atoms with Crippen molar-refractivity contribution in [3.05, 3.63) is 35.4 Å². The topological polar surface area (TPSA) is 32.3 Å². The third kappa shape index (κ3) is 6.27. The molecule has 3 nitrogen and oxygen atoms in total. The van der Waals surface area contributed by atoms with Crippen LogP contribution in [-0.2, 0) is 11.2 Å². The van der Waals surface area contributed by atoms with Crippen LogP contribution in [0.5, 0.6) is 0 Å². The number of unbranched alkanes of at least 4 members (excludes halogenated alkanes) is 1. The Balaban J connectivity index is 1.66. The second kappa shape index (κ2) is 9.83. The molecule has 1 fully saturated rings. The lowest BCUT2D eigenvalue weighted by molar-refractivity contribution is -0.122. The van der Waals surface area contributed by atoms with E-state index in [1.807, 2.05) is 0 Å². The molecule has 1 saturated heterocycles. The lowest BCUT2D eigenvalue weighted by Gasteiger charge is -2.32. The van der Waals surface area contributed by atoms with Gasteiger partial charge in [0.05, 0.1) is 0 Å². The van der Waals surface area contributed by atoms with E-state index in [0.29, 0.717) is 18.4 Å². The Morgan fingerprint density at radius 1 is 1.21 bits per heavy atom. The van der Waals surface area contributed by atoms with E-state index in [0.717, 1.165) is 32.4 Å². The van der Waals surface area contributed by atoms with Crippen LogP contribution in [0.1, 0.15) is 69.9 Å². The minimum Gasteiger partial charge on any atom is -0.353 e.